The highest BCUT2D eigenvalue weighted by atomic mass is 31.2. The predicted molar refractivity (Wildman–Crippen MR) is 84.2 cm³/mol. The van der Waals surface area contributed by atoms with Crippen molar-refractivity contribution in [3.63, 3.8) is 0 Å². The minimum absolute atomic E-state index is 0.0940. The Bertz CT molecular complexity index is 415. The number of hydrogen-bond acceptors (Lipinski definition) is 3. The minimum atomic E-state index is -3.02. The van der Waals surface area contributed by atoms with E-state index in [1.807, 2.05) is 45.9 Å². The molecule has 0 heterocycles. The molecular formula is C16H27O3P. The van der Waals surface area contributed by atoms with Crippen LogP contribution in [0.3, 0.4) is 0 Å². The van der Waals surface area contributed by atoms with Crippen molar-refractivity contribution in [3.05, 3.63) is 35.9 Å². The van der Waals surface area contributed by atoms with Crippen LogP contribution in [0.4, 0.5) is 0 Å². The first-order valence-corrected chi connectivity index (χ1v) is 9.03. The normalized spacial score (nSPS) is 13.9. The van der Waals surface area contributed by atoms with E-state index in [1.54, 1.807) is 0 Å². The molecule has 3 nitrogen and oxygen atoms in total. The van der Waals surface area contributed by atoms with Gasteiger partial charge in [-0.15, -0.1) is 0 Å². The van der Waals surface area contributed by atoms with Gasteiger partial charge in [0.25, 0.3) is 0 Å². The Morgan fingerprint density at radius 1 is 0.950 bits per heavy atom. The fraction of sp³-hybridized carbons (Fsp3) is 0.625. The first-order valence-electron chi connectivity index (χ1n) is 7.30. The van der Waals surface area contributed by atoms with Crippen LogP contribution in [0.1, 0.15) is 40.2 Å². The van der Waals surface area contributed by atoms with Crippen molar-refractivity contribution in [2.24, 2.45) is 5.92 Å². The first kappa shape index (κ1) is 17.4. The second kappa shape index (κ2) is 7.97. The molecule has 0 aliphatic carbocycles. The third-order valence-corrected chi connectivity index (χ3v) is 5.26. The third-order valence-electron chi connectivity index (χ3n) is 2.71. The smallest absolute Gasteiger partial charge is 0.306 e. The molecule has 1 rings (SSSR count). The summed E-state index contributed by atoms with van der Waals surface area (Å²) in [6, 6.07) is 10.2. The fourth-order valence-electron chi connectivity index (χ4n) is 2.22. The second-order valence-corrected chi connectivity index (χ2v) is 7.91. The zero-order valence-electron chi connectivity index (χ0n) is 13.2. The molecule has 20 heavy (non-hydrogen) atoms. The summed E-state index contributed by atoms with van der Waals surface area (Å²) >= 11 is 0. The number of hydrogen-bond donors (Lipinski definition) is 0. The maximum atomic E-state index is 12.8. The lowest BCUT2D eigenvalue weighted by molar-refractivity contribution is 0.140. The van der Waals surface area contributed by atoms with Crippen LogP contribution in [-0.2, 0) is 20.0 Å². The molecule has 1 aromatic rings. The van der Waals surface area contributed by atoms with E-state index in [9.17, 15) is 4.57 Å². The lowest BCUT2D eigenvalue weighted by Gasteiger charge is -2.25. The average molecular weight is 298 g/mol. The van der Waals surface area contributed by atoms with E-state index in [4.69, 9.17) is 9.05 Å². The molecular weight excluding hydrogens is 271 g/mol. The van der Waals surface area contributed by atoms with Crippen molar-refractivity contribution in [2.75, 3.05) is 6.16 Å². The standard InChI is InChI=1S/C16H27O3P/c1-13(2)18-20(17,19-14(3)4)12-15(5)11-16-9-7-6-8-10-16/h6-10,13-15H,11-12H2,1-5H3/t15-/m0/s1. The summed E-state index contributed by atoms with van der Waals surface area (Å²) in [5.41, 5.74) is 1.25. The van der Waals surface area contributed by atoms with Crippen LogP contribution in [0.2, 0.25) is 0 Å². The van der Waals surface area contributed by atoms with Crippen molar-refractivity contribution < 1.29 is 13.6 Å². The molecule has 0 aliphatic rings. The summed E-state index contributed by atoms with van der Waals surface area (Å²) in [7, 11) is -3.02. The molecule has 1 aromatic carbocycles. The SMILES string of the molecule is CC(C)OP(=O)(C[C@@H](C)Cc1ccccc1)OC(C)C. The van der Waals surface area contributed by atoms with Crippen LogP contribution in [-0.4, -0.2) is 18.4 Å². The van der Waals surface area contributed by atoms with E-state index in [0.717, 1.165) is 6.42 Å². The maximum Gasteiger partial charge on any atom is 0.331 e. The minimum Gasteiger partial charge on any atom is -0.306 e. The predicted octanol–water partition coefficient (Wildman–Crippen LogP) is 4.91. The summed E-state index contributed by atoms with van der Waals surface area (Å²) in [6.45, 7) is 9.64. The van der Waals surface area contributed by atoms with E-state index in [-0.39, 0.29) is 18.1 Å². The molecule has 0 fully saturated rings. The molecule has 0 saturated heterocycles. The molecule has 0 aliphatic heterocycles. The maximum absolute atomic E-state index is 12.8. The number of rotatable bonds is 8. The summed E-state index contributed by atoms with van der Waals surface area (Å²) in [5, 5.41) is 0. The Morgan fingerprint density at radius 2 is 1.45 bits per heavy atom. The van der Waals surface area contributed by atoms with Gasteiger partial charge in [0.05, 0.1) is 18.4 Å². The van der Waals surface area contributed by atoms with E-state index >= 15 is 0 Å². The van der Waals surface area contributed by atoms with Gasteiger partial charge in [0, 0.05) is 0 Å². The molecule has 0 spiro atoms. The zero-order valence-corrected chi connectivity index (χ0v) is 14.1. The van der Waals surface area contributed by atoms with E-state index in [2.05, 4.69) is 19.1 Å². The van der Waals surface area contributed by atoms with Gasteiger partial charge in [-0.2, -0.15) is 0 Å². The van der Waals surface area contributed by atoms with Gasteiger partial charge in [-0.3, -0.25) is 4.57 Å². The van der Waals surface area contributed by atoms with Gasteiger partial charge in [0.15, 0.2) is 0 Å². The Kier molecular flexibility index (Phi) is 6.94. The van der Waals surface area contributed by atoms with Crippen molar-refractivity contribution in [1.29, 1.82) is 0 Å². The van der Waals surface area contributed by atoms with E-state index in [1.165, 1.54) is 5.56 Å². The lowest BCUT2D eigenvalue weighted by Crippen LogP contribution is -2.15. The molecule has 0 amide bonds. The fourth-order valence-corrected chi connectivity index (χ4v) is 4.62. The van der Waals surface area contributed by atoms with Crippen LogP contribution >= 0.6 is 7.60 Å². The summed E-state index contributed by atoms with van der Waals surface area (Å²) < 4.78 is 24.0. The quantitative estimate of drug-likeness (QED) is 0.640. The molecule has 0 aromatic heterocycles. The molecule has 114 valence electrons. The highest BCUT2D eigenvalue weighted by molar-refractivity contribution is 7.53. The van der Waals surface area contributed by atoms with Gasteiger partial charge in [-0.25, -0.2) is 0 Å². The molecule has 0 radical (unpaired) electrons. The van der Waals surface area contributed by atoms with E-state index < -0.39 is 7.60 Å². The molecule has 1 atom stereocenters. The Labute approximate surface area is 123 Å². The van der Waals surface area contributed by atoms with Crippen LogP contribution in [0.5, 0.6) is 0 Å². The zero-order chi connectivity index (χ0) is 15.2. The Balaban J connectivity index is 2.66. The van der Waals surface area contributed by atoms with Gasteiger partial charge in [-0.1, -0.05) is 37.3 Å². The van der Waals surface area contributed by atoms with Crippen molar-refractivity contribution in [1.82, 2.24) is 0 Å². The Hall–Kier alpha value is -0.630. The Morgan fingerprint density at radius 3 is 1.90 bits per heavy atom. The van der Waals surface area contributed by atoms with Gasteiger partial charge >= 0.3 is 7.60 Å². The molecule has 4 heteroatoms. The van der Waals surface area contributed by atoms with Crippen LogP contribution in [0, 0.1) is 5.92 Å². The topological polar surface area (TPSA) is 35.5 Å². The van der Waals surface area contributed by atoms with Gasteiger partial charge in [0.1, 0.15) is 0 Å². The highest BCUT2D eigenvalue weighted by Gasteiger charge is 2.29. The molecule has 0 saturated carbocycles. The van der Waals surface area contributed by atoms with E-state index in [0.29, 0.717) is 6.16 Å². The largest absolute Gasteiger partial charge is 0.331 e. The first-order chi connectivity index (χ1) is 9.31. The summed E-state index contributed by atoms with van der Waals surface area (Å²) in [4.78, 5) is 0. The number of benzene rings is 1. The monoisotopic (exact) mass is 298 g/mol. The summed E-state index contributed by atoms with van der Waals surface area (Å²) in [5.74, 6) is 0.251. The molecule has 0 unspecified atom stereocenters. The van der Waals surface area contributed by atoms with Crippen LogP contribution < -0.4 is 0 Å². The van der Waals surface area contributed by atoms with Crippen LogP contribution in [0.25, 0.3) is 0 Å². The van der Waals surface area contributed by atoms with Gasteiger partial charge in [0.2, 0.25) is 0 Å². The second-order valence-electron chi connectivity index (χ2n) is 5.90. The van der Waals surface area contributed by atoms with Gasteiger partial charge in [-0.05, 0) is 45.6 Å². The summed E-state index contributed by atoms with van der Waals surface area (Å²) in [6.07, 6.45) is 1.15. The molecule has 0 bridgehead atoms. The lowest BCUT2D eigenvalue weighted by atomic mass is 10.0. The van der Waals surface area contributed by atoms with Crippen molar-refractivity contribution >= 4 is 7.60 Å². The highest BCUT2D eigenvalue weighted by Crippen LogP contribution is 2.52. The molecule has 0 N–H and O–H groups in total. The third kappa shape index (κ3) is 6.69. The van der Waals surface area contributed by atoms with Crippen molar-refractivity contribution in [2.45, 2.75) is 53.2 Å². The van der Waals surface area contributed by atoms with Crippen LogP contribution in [0.15, 0.2) is 30.3 Å². The van der Waals surface area contributed by atoms with Crippen molar-refractivity contribution in [3.8, 4) is 0 Å². The average Bonchev–Trinajstić information content (AvgIpc) is 2.26. The van der Waals surface area contributed by atoms with Gasteiger partial charge < -0.3 is 9.05 Å².